The van der Waals surface area contributed by atoms with Crippen molar-refractivity contribution in [3.8, 4) is 0 Å². The Morgan fingerprint density at radius 3 is 0.422 bits per heavy atom. The van der Waals surface area contributed by atoms with E-state index in [1.165, 1.54) is 22.3 Å². The van der Waals surface area contributed by atoms with Gasteiger partial charge in [-0.25, -0.2) is 0 Å². The van der Waals surface area contributed by atoms with Crippen LogP contribution < -0.4 is 22.9 Å². The van der Waals surface area contributed by atoms with E-state index in [0.29, 0.717) is 22.7 Å². The first kappa shape index (κ1) is 82.4. The summed E-state index contributed by atoms with van der Waals surface area (Å²) in [6.45, 7) is 8.65. The highest BCUT2D eigenvalue weighted by Gasteiger charge is 2.58. The Kier molecular flexibility index (Phi) is 23.7. The first-order valence-electron chi connectivity index (χ1n) is 43.0. The minimum absolute atomic E-state index is 0.673. The van der Waals surface area contributed by atoms with Gasteiger partial charge in [-0.3, -0.25) is 30.0 Å². The van der Waals surface area contributed by atoms with E-state index in [1.807, 2.05) is 85.8 Å². The number of nitrogens with two attached hydrogens (primary N) is 4. The van der Waals surface area contributed by atoms with E-state index in [9.17, 15) is 0 Å². The second-order valence-corrected chi connectivity index (χ2v) is 32.8. The van der Waals surface area contributed by atoms with Crippen molar-refractivity contribution in [2.45, 2.75) is 38.5 Å². The molecule has 0 unspecified atom stereocenters. The van der Waals surface area contributed by atoms with Gasteiger partial charge in [0.25, 0.3) is 0 Å². The van der Waals surface area contributed by atoms with Crippen LogP contribution in [0.2, 0.25) is 0 Å². The van der Waals surface area contributed by atoms with Gasteiger partial charge in [-0.2, -0.15) is 0 Å². The van der Waals surface area contributed by atoms with Crippen LogP contribution in [0.15, 0.2) is 442 Å². The molecule has 0 amide bonds. The molecule has 10 heterocycles. The Balaban J connectivity index is 0.739. The predicted octanol–water partition coefficient (Wildman–Crippen LogP) is 27.4. The molecule has 616 valence electrons. The van der Waals surface area contributed by atoms with Gasteiger partial charge in [0.2, 0.25) is 0 Å². The third kappa shape index (κ3) is 17.9. The number of anilines is 4. The van der Waals surface area contributed by atoms with Crippen LogP contribution in [0.4, 0.5) is 56.9 Å². The first-order valence-corrected chi connectivity index (χ1v) is 43.0. The number of nitrogens with zero attached hydrogens (tertiary/aromatic N) is 6. The van der Waals surface area contributed by atoms with Crippen molar-refractivity contribution in [2.24, 2.45) is 30.0 Å². The maximum atomic E-state index is 6.38. The maximum Gasteiger partial charge on any atom is 0.0630 e. The van der Waals surface area contributed by atoms with Crippen LogP contribution >= 0.6 is 0 Å². The maximum absolute atomic E-state index is 6.38. The van der Waals surface area contributed by atoms with Gasteiger partial charge in [0.05, 0.1) is 45.0 Å². The van der Waals surface area contributed by atoms with E-state index in [0.717, 1.165) is 168 Å². The normalized spacial score (nSPS) is 13.3. The summed E-state index contributed by atoms with van der Waals surface area (Å²) in [5.41, 5.74) is 60.3. The summed E-state index contributed by atoms with van der Waals surface area (Å²) in [5.74, 6) is 0. The molecular formula is C118H94N10. The Morgan fingerprint density at radius 2 is 0.273 bits per heavy atom. The van der Waals surface area contributed by atoms with Crippen LogP contribution in [0.3, 0.4) is 0 Å². The number of nitrogen functional groups attached to an aromatic ring is 4. The second kappa shape index (κ2) is 36.9. The molecule has 17 aromatic rings. The standard InChI is InChI=1S/C118H94N10/c1-79-5-41-97(42-6-79)117(98-43-7-80(2)8-44-98)101-49-69-111(70-50-101)127-77-87-21-17-85(18-22-87)75-125-109-65-37-95(38-66-109)115(91-29-57-105(121)58-30-91)113(89-25-53-103(119)54-26-89)93-33-61-107(62-34-93)123-73-83-13-15-84(16-14-83)74-124-108-63-35-94(36-64-108)114(90-27-55-104(120)56-28-90)116(92-31-59-106(122)60-32-92)96-39-67-110(68-40-96)126-76-86-19-23-88(24-20-86)78-128-112-71-51-102(52-72-112)118(117,99-45-9-81(3)10-46-99)100-47-11-82(4)12-48-100/h5-78H,119-122H2,1-4H3. The fraction of sp³-hybridized carbons (Fsp3) is 0.0508. The van der Waals surface area contributed by atoms with Crippen LogP contribution in [0, 0.1) is 27.7 Å². The molecule has 0 radical (unpaired) electrons. The molecule has 27 rings (SSSR count). The lowest BCUT2D eigenvalue weighted by Gasteiger charge is -2.53. The molecule has 0 atom stereocenters. The number of fused-ring (bicyclic) bond motifs is 9. The molecule has 8 N–H and O–H groups in total. The Hall–Kier alpha value is -16.6. The zero-order chi connectivity index (χ0) is 87.5. The molecule has 10 heteroatoms. The lowest BCUT2D eigenvalue weighted by molar-refractivity contribution is 0.419. The average Bonchev–Trinajstić information content (AvgIpc) is 0.679. The van der Waals surface area contributed by atoms with Crippen molar-refractivity contribution in [1.82, 2.24) is 0 Å². The number of rotatable bonds is 8. The number of benzene rings is 17. The molecule has 0 fully saturated rings. The van der Waals surface area contributed by atoms with Crippen molar-refractivity contribution in [3.05, 3.63) is 546 Å². The van der Waals surface area contributed by atoms with Crippen LogP contribution in [0.25, 0.3) is 22.3 Å². The van der Waals surface area contributed by atoms with Gasteiger partial charge in [0.1, 0.15) is 0 Å². The van der Waals surface area contributed by atoms with Crippen molar-refractivity contribution in [2.75, 3.05) is 22.9 Å². The van der Waals surface area contributed by atoms with Gasteiger partial charge in [-0.15, -0.1) is 0 Å². The molecule has 10 aliphatic rings. The Labute approximate surface area is 749 Å². The molecule has 18 bridgehead atoms. The molecule has 0 spiro atoms. The number of hydrogen-bond acceptors (Lipinski definition) is 10. The van der Waals surface area contributed by atoms with Crippen LogP contribution in [-0.4, -0.2) is 37.3 Å². The van der Waals surface area contributed by atoms with E-state index in [4.69, 9.17) is 52.9 Å². The van der Waals surface area contributed by atoms with Crippen molar-refractivity contribution >= 4 is 116 Å². The molecule has 0 aliphatic carbocycles. The highest BCUT2D eigenvalue weighted by Crippen LogP contribution is 2.61. The number of aryl methyl sites for hydroxylation is 4. The fourth-order valence-electron chi connectivity index (χ4n) is 17.3. The third-order valence-corrected chi connectivity index (χ3v) is 24.0. The van der Waals surface area contributed by atoms with Crippen molar-refractivity contribution in [1.29, 1.82) is 0 Å². The molecule has 128 heavy (non-hydrogen) atoms. The zero-order valence-corrected chi connectivity index (χ0v) is 71.7. The summed E-state index contributed by atoms with van der Waals surface area (Å²) in [6.07, 6.45) is 11.5. The third-order valence-electron chi connectivity index (χ3n) is 24.0. The van der Waals surface area contributed by atoms with Gasteiger partial charge in [-0.05, 0) is 283 Å². The van der Waals surface area contributed by atoms with Gasteiger partial charge in [0.15, 0.2) is 0 Å². The van der Waals surface area contributed by atoms with E-state index < -0.39 is 10.8 Å². The lowest BCUT2D eigenvalue weighted by atomic mass is 9.47. The molecule has 10 aliphatic heterocycles. The summed E-state index contributed by atoms with van der Waals surface area (Å²) in [4.78, 5) is 30.3. The van der Waals surface area contributed by atoms with Crippen molar-refractivity contribution < 1.29 is 0 Å². The lowest BCUT2D eigenvalue weighted by Crippen LogP contribution is -2.52. The van der Waals surface area contributed by atoms with E-state index in [-0.39, 0.29) is 0 Å². The minimum Gasteiger partial charge on any atom is -0.399 e. The highest BCUT2D eigenvalue weighted by atomic mass is 14.7. The van der Waals surface area contributed by atoms with E-state index >= 15 is 0 Å². The topological polar surface area (TPSA) is 178 Å². The summed E-state index contributed by atoms with van der Waals surface area (Å²) in [7, 11) is 0. The number of hydrogen-bond donors (Lipinski definition) is 4. The molecular weight excluding hydrogens is 1560 g/mol. The Morgan fingerprint density at radius 1 is 0.148 bits per heavy atom. The largest absolute Gasteiger partial charge is 0.399 e. The minimum atomic E-state index is -0.937. The van der Waals surface area contributed by atoms with Gasteiger partial charge >= 0.3 is 0 Å². The molecule has 10 nitrogen and oxygen atoms in total. The quantitative estimate of drug-likeness (QED) is 0.111. The van der Waals surface area contributed by atoms with Gasteiger partial charge in [0, 0.05) is 60.0 Å². The number of aliphatic imine (C=N–C) groups is 6. The molecule has 0 saturated heterocycles. The van der Waals surface area contributed by atoms with Gasteiger partial charge in [-0.1, -0.05) is 313 Å². The highest BCUT2D eigenvalue weighted by molar-refractivity contribution is 6.07. The predicted molar refractivity (Wildman–Crippen MR) is 539 cm³/mol. The summed E-state index contributed by atoms with van der Waals surface area (Å²) in [5, 5.41) is 0. The smallest absolute Gasteiger partial charge is 0.0630 e. The first-order chi connectivity index (χ1) is 62.6. The average molecular weight is 1650 g/mol. The van der Waals surface area contributed by atoms with Crippen LogP contribution in [0.5, 0.6) is 0 Å². The summed E-state index contributed by atoms with van der Waals surface area (Å²) in [6, 6.07) is 145. The Bertz CT molecular complexity index is 6520. The monoisotopic (exact) mass is 1650 g/mol. The van der Waals surface area contributed by atoms with Gasteiger partial charge < -0.3 is 22.9 Å². The molecule has 17 aromatic carbocycles. The second-order valence-electron chi connectivity index (χ2n) is 32.8. The fourth-order valence-corrected chi connectivity index (χ4v) is 17.3. The van der Waals surface area contributed by atoms with E-state index in [2.05, 4.69) is 392 Å². The van der Waals surface area contributed by atoms with Crippen LogP contribution in [0.1, 0.15) is 134 Å². The molecule has 0 saturated carbocycles. The zero-order valence-electron chi connectivity index (χ0n) is 71.7. The summed E-state index contributed by atoms with van der Waals surface area (Å²) >= 11 is 0. The van der Waals surface area contributed by atoms with Crippen molar-refractivity contribution in [3.63, 3.8) is 0 Å². The molecule has 0 aromatic heterocycles. The summed E-state index contributed by atoms with van der Waals surface area (Å²) < 4.78 is 0. The van der Waals surface area contributed by atoms with E-state index in [1.54, 1.807) is 0 Å². The SMILES string of the molecule is Cc1ccc(C2(c3ccc(C)cc3)c3ccc(cc3)N=Cc3ccc(cc3)C=Nc3ccc(cc3)C(c3ccc(N)cc3)=C(c3ccc(N)cc3)c3ccc(cc3)N=Cc3ccc(cc3)C=Nc3ccc(cc3)C(c3ccc(N)cc3)=C(c3ccc(N)cc3)c3ccc(cc3)N=Cc3ccc(cc3)C=Nc3ccc(cc3)C2(c2ccc(C)cc2)c2ccc(C)cc2)cc1. The van der Waals surface area contributed by atoms with Crippen LogP contribution in [-0.2, 0) is 10.8 Å².